The minimum atomic E-state index is -0.592. The van der Waals surface area contributed by atoms with Gasteiger partial charge < -0.3 is 15.5 Å². The van der Waals surface area contributed by atoms with Crippen LogP contribution in [0.4, 0.5) is 5.00 Å². The molecule has 1 atom stereocenters. The summed E-state index contributed by atoms with van der Waals surface area (Å²) in [5, 5.41) is 17.8. The molecule has 0 bridgehead atoms. The molecular formula is C12H16N4O4S. The molecule has 1 unspecified atom stereocenters. The van der Waals surface area contributed by atoms with Crippen molar-refractivity contribution in [3.05, 3.63) is 27.1 Å². The molecule has 1 saturated heterocycles. The Morgan fingerprint density at radius 3 is 3.00 bits per heavy atom. The third-order valence-corrected chi connectivity index (χ3v) is 4.05. The van der Waals surface area contributed by atoms with Crippen LogP contribution in [-0.4, -0.2) is 53.9 Å². The fourth-order valence-electron chi connectivity index (χ4n) is 2.17. The maximum absolute atomic E-state index is 12.5. The van der Waals surface area contributed by atoms with Gasteiger partial charge in [-0.25, -0.2) is 0 Å². The Kier molecular flexibility index (Phi) is 4.86. The number of likely N-dealkylation sites (N-methyl/N-ethyl adjacent to an activating group) is 1. The SMILES string of the molecule is CCNC(=O)C1CNCCN1C(=O)c1csc([N+](=O)[O-])c1. The van der Waals surface area contributed by atoms with E-state index in [2.05, 4.69) is 10.6 Å². The minimum absolute atomic E-state index is 0.0805. The second-order valence-corrected chi connectivity index (χ2v) is 5.43. The van der Waals surface area contributed by atoms with Crippen molar-refractivity contribution in [3.63, 3.8) is 0 Å². The van der Waals surface area contributed by atoms with Crippen LogP contribution in [-0.2, 0) is 4.79 Å². The Labute approximate surface area is 125 Å². The average molecular weight is 312 g/mol. The number of carbonyl (C=O) groups excluding carboxylic acids is 2. The lowest BCUT2D eigenvalue weighted by Crippen LogP contribution is -2.59. The summed E-state index contributed by atoms with van der Waals surface area (Å²) in [6.45, 7) is 3.66. The zero-order valence-corrected chi connectivity index (χ0v) is 12.3. The van der Waals surface area contributed by atoms with Gasteiger partial charge in [0.2, 0.25) is 5.91 Å². The van der Waals surface area contributed by atoms with Crippen molar-refractivity contribution in [1.29, 1.82) is 0 Å². The fraction of sp³-hybridized carbons (Fsp3) is 0.500. The van der Waals surface area contributed by atoms with Crippen LogP contribution in [0, 0.1) is 10.1 Å². The van der Waals surface area contributed by atoms with Gasteiger partial charge in [-0.1, -0.05) is 11.3 Å². The highest BCUT2D eigenvalue weighted by molar-refractivity contribution is 7.13. The van der Waals surface area contributed by atoms with Crippen molar-refractivity contribution in [1.82, 2.24) is 15.5 Å². The lowest BCUT2D eigenvalue weighted by molar-refractivity contribution is -0.380. The summed E-state index contributed by atoms with van der Waals surface area (Å²) >= 11 is 0.907. The van der Waals surface area contributed by atoms with Crippen LogP contribution in [0.25, 0.3) is 0 Å². The van der Waals surface area contributed by atoms with Crippen LogP contribution in [0.15, 0.2) is 11.4 Å². The molecule has 0 aromatic carbocycles. The first-order chi connectivity index (χ1) is 10.0. The van der Waals surface area contributed by atoms with E-state index in [1.807, 2.05) is 6.92 Å². The maximum Gasteiger partial charge on any atom is 0.324 e. The van der Waals surface area contributed by atoms with Crippen molar-refractivity contribution in [3.8, 4) is 0 Å². The molecule has 2 heterocycles. The minimum Gasteiger partial charge on any atom is -0.355 e. The number of piperazine rings is 1. The van der Waals surface area contributed by atoms with Gasteiger partial charge in [-0.15, -0.1) is 0 Å². The molecule has 1 aromatic rings. The number of hydrogen-bond acceptors (Lipinski definition) is 6. The average Bonchev–Trinajstić information content (AvgIpc) is 2.97. The van der Waals surface area contributed by atoms with Gasteiger partial charge in [0.05, 0.1) is 10.5 Å². The molecule has 2 amide bonds. The summed E-state index contributed by atoms with van der Waals surface area (Å²) < 4.78 is 0. The first-order valence-corrected chi connectivity index (χ1v) is 7.45. The van der Waals surface area contributed by atoms with Gasteiger partial charge in [-0.3, -0.25) is 19.7 Å². The zero-order valence-electron chi connectivity index (χ0n) is 11.5. The summed E-state index contributed by atoms with van der Waals surface area (Å²) in [5.41, 5.74) is 0.253. The molecule has 2 N–H and O–H groups in total. The lowest BCUT2D eigenvalue weighted by atomic mass is 10.1. The van der Waals surface area contributed by atoms with E-state index in [-0.39, 0.29) is 22.4 Å². The van der Waals surface area contributed by atoms with Crippen LogP contribution in [0.2, 0.25) is 0 Å². The molecule has 1 fully saturated rings. The number of nitrogens with zero attached hydrogens (tertiary/aromatic N) is 2. The second-order valence-electron chi connectivity index (χ2n) is 4.54. The van der Waals surface area contributed by atoms with E-state index in [0.717, 1.165) is 11.3 Å². The van der Waals surface area contributed by atoms with E-state index in [0.29, 0.717) is 26.2 Å². The molecule has 1 aromatic heterocycles. The molecular weight excluding hydrogens is 296 g/mol. The van der Waals surface area contributed by atoms with Crippen LogP contribution < -0.4 is 10.6 Å². The lowest BCUT2D eigenvalue weighted by Gasteiger charge is -2.34. The number of nitrogens with one attached hydrogen (secondary N) is 2. The molecule has 21 heavy (non-hydrogen) atoms. The molecule has 0 aliphatic carbocycles. The van der Waals surface area contributed by atoms with Gasteiger partial charge >= 0.3 is 5.00 Å². The number of carbonyl (C=O) groups is 2. The Morgan fingerprint density at radius 1 is 1.62 bits per heavy atom. The Hall–Kier alpha value is -2.00. The zero-order chi connectivity index (χ0) is 15.4. The molecule has 9 heteroatoms. The summed E-state index contributed by atoms with van der Waals surface area (Å²) in [5.74, 6) is -0.570. The summed E-state index contributed by atoms with van der Waals surface area (Å²) in [4.78, 5) is 36.1. The quantitative estimate of drug-likeness (QED) is 0.611. The van der Waals surface area contributed by atoms with E-state index in [1.165, 1.54) is 16.3 Å². The monoisotopic (exact) mass is 312 g/mol. The molecule has 0 spiro atoms. The van der Waals surface area contributed by atoms with Gasteiger partial charge in [0.15, 0.2) is 0 Å². The molecule has 2 rings (SSSR count). The van der Waals surface area contributed by atoms with Gasteiger partial charge in [0.1, 0.15) is 6.04 Å². The fourth-order valence-corrected chi connectivity index (χ4v) is 2.87. The van der Waals surface area contributed by atoms with Crippen molar-refractivity contribution in [2.75, 3.05) is 26.2 Å². The number of thiophene rings is 1. The first kappa shape index (κ1) is 15.4. The van der Waals surface area contributed by atoms with Crippen LogP contribution in [0.3, 0.4) is 0 Å². The molecule has 8 nitrogen and oxygen atoms in total. The molecule has 0 saturated carbocycles. The third-order valence-electron chi connectivity index (χ3n) is 3.17. The molecule has 114 valence electrons. The predicted octanol–water partition coefficient (Wildman–Crippen LogP) is 0.206. The number of nitro groups is 1. The van der Waals surface area contributed by atoms with Gasteiger partial charge in [0, 0.05) is 37.6 Å². The van der Waals surface area contributed by atoms with E-state index in [1.54, 1.807) is 0 Å². The summed E-state index contributed by atoms with van der Waals surface area (Å²) in [6, 6.07) is 0.661. The van der Waals surface area contributed by atoms with E-state index in [4.69, 9.17) is 0 Å². The first-order valence-electron chi connectivity index (χ1n) is 6.57. The van der Waals surface area contributed by atoms with E-state index >= 15 is 0 Å². The number of rotatable bonds is 4. The van der Waals surface area contributed by atoms with Gasteiger partial charge in [-0.2, -0.15) is 0 Å². The largest absolute Gasteiger partial charge is 0.355 e. The van der Waals surface area contributed by atoms with E-state index < -0.39 is 11.0 Å². The molecule has 1 aliphatic rings. The highest BCUT2D eigenvalue weighted by Crippen LogP contribution is 2.24. The smallest absolute Gasteiger partial charge is 0.324 e. The van der Waals surface area contributed by atoms with Gasteiger partial charge in [-0.05, 0) is 6.92 Å². The topological polar surface area (TPSA) is 105 Å². The van der Waals surface area contributed by atoms with E-state index in [9.17, 15) is 19.7 Å². The highest BCUT2D eigenvalue weighted by Gasteiger charge is 2.33. The summed E-state index contributed by atoms with van der Waals surface area (Å²) in [7, 11) is 0. The van der Waals surface area contributed by atoms with Crippen molar-refractivity contribution in [2.24, 2.45) is 0 Å². The highest BCUT2D eigenvalue weighted by atomic mass is 32.1. The maximum atomic E-state index is 12.5. The standard InChI is InChI=1S/C12H16N4O4S/c1-2-14-11(17)9-6-13-3-4-15(9)12(18)8-5-10(16(19)20)21-7-8/h5,7,9,13H,2-4,6H2,1H3,(H,14,17). The van der Waals surface area contributed by atoms with Crippen LogP contribution in [0.5, 0.6) is 0 Å². The normalized spacial score (nSPS) is 18.3. The Balaban J connectivity index is 2.17. The Bertz CT molecular complexity index is 559. The van der Waals surface area contributed by atoms with Crippen LogP contribution >= 0.6 is 11.3 Å². The van der Waals surface area contributed by atoms with Crippen LogP contribution in [0.1, 0.15) is 17.3 Å². The van der Waals surface area contributed by atoms with Crippen molar-refractivity contribution >= 4 is 28.2 Å². The summed E-state index contributed by atoms with van der Waals surface area (Å²) in [6.07, 6.45) is 0. The molecule has 1 aliphatic heterocycles. The van der Waals surface area contributed by atoms with Gasteiger partial charge in [0.25, 0.3) is 5.91 Å². The van der Waals surface area contributed by atoms with Crippen molar-refractivity contribution in [2.45, 2.75) is 13.0 Å². The molecule has 0 radical (unpaired) electrons. The predicted molar refractivity (Wildman–Crippen MR) is 77.4 cm³/mol. The number of amides is 2. The Morgan fingerprint density at radius 2 is 2.38 bits per heavy atom. The number of hydrogen-bond donors (Lipinski definition) is 2. The third kappa shape index (κ3) is 3.37. The van der Waals surface area contributed by atoms with Crippen molar-refractivity contribution < 1.29 is 14.5 Å². The second kappa shape index (κ2) is 6.64.